The number of para-hydroxylation sites is 2. The molecule has 3 nitrogen and oxygen atoms in total. The van der Waals surface area contributed by atoms with E-state index in [4.69, 9.17) is 14.7 Å². The standard InChI is InChI=1S/C49H32N2O/c1-2-17-35-31(13-1)14-12-21-38(35)47-39-20-5-9-25-44(39)50-48(51-47)34-16-11-15-32(29-34)33-27-28-46-43(30-33)49(42-24-8-10-26-45(42)52-46)40-22-6-3-18-36(40)37-19-4-7-23-41(37)49/h1-30,36,40H. The summed E-state index contributed by atoms with van der Waals surface area (Å²) < 4.78 is 6.71. The van der Waals surface area contributed by atoms with Gasteiger partial charge in [0.25, 0.3) is 0 Å². The summed E-state index contributed by atoms with van der Waals surface area (Å²) in [6.07, 6.45) is 9.20. The third-order valence-corrected chi connectivity index (χ3v) is 11.4. The topological polar surface area (TPSA) is 35.0 Å². The maximum atomic E-state index is 6.71. The number of allylic oxidation sites excluding steroid dienone is 4. The number of hydrogen-bond donors (Lipinski definition) is 0. The Morgan fingerprint density at radius 1 is 0.500 bits per heavy atom. The van der Waals surface area contributed by atoms with Crippen LogP contribution >= 0.6 is 0 Å². The van der Waals surface area contributed by atoms with E-state index in [2.05, 4.69) is 182 Å². The van der Waals surface area contributed by atoms with Crippen molar-refractivity contribution in [3.63, 3.8) is 0 Å². The molecule has 244 valence electrons. The van der Waals surface area contributed by atoms with Gasteiger partial charge in [0.2, 0.25) is 0 Å². The number of ether oxygens (including phenoxy) is 1. The molecule has 3 atom stereocenters. The van der Waals surface area contributed by atoms with Crippen molar-refractivity contribution >= 4 is 21.7 Å². The van der Waals surface area contributed by atoms with Gasteiger partial charge in [0, 0.05) is 39.5 Å². The van der Waals surface area contributed by atoms with Crippen LogP contribution in [0.2, 0.25) is 0 Å². The van der Waals surface area contributed by atoms with Gasteiger partial charge in [-0.25, -0.2) is 9.97 Å². The van der Waals surface area contributed by atoms with E-state index in [9.17, 15) is 0 Å². The molecule has 2 aliphatic carbocycles. The Morgan fingerprint density at radius 3 is 2.17 bits per heavy atom. The second kappa shape index (κ2) is 11.2. The molecule has 3 heteroatoms. The van der Waals surface area contributed by atoms with Crippen molar-refractivity contribution in [2.75, 3.05) is 0 Å². The van der Waals surface area contributed by atoms with Crippen LogP contribution in [0.25, 0.3) is 55.4 Å². The third kappa shape index (κ3) is 4.14. The van der Waals surface area contributed by atoms with Crippen LogP contribution in [-0.4, -0.2) is 9.97 Å². The molecule has 11 rings (SSSR count). The second-order valence-electron chi connectivity index (χ2n) is 14.0. The zero-order valence-electron chi connectivity index (χ0n) is 28.3. The van der Waals surface area contributed by atoms with Crippen molar-refractivity contribution < 1.29 is 4.74 Å². The Morgan fingerprint density at radius 2 is 1.21 bits per heavy atom. The molecule has 1 spiro atoms. The Kier molecular flexibility index (Phi) is 6.29. The first kappa shape index (κ1) is 29.2. The summed E-state index contributed by atoms with van der Waals surface area (Å²) in [5.41, 5.74) is 11.0. The Bertz CT molecular complexity index is 2810. The summed E-state index contributed by atoms with van der Waals surface area (Å²) >= 11 is 0. The van der Waals surface area contributed by atoms with Gasteiger partial charge in [0.1, 0.15) is 11.5 Å². The average Bonchev–Trinajstić information content (AvgIpc) is 3.51. The number of hydrogen-bond acceptors (Lipinski definition) is 3. The molecule has 3 unspecified atom stereocenters. The van der Waals surface area contributed by atoms with E-state index >= 15 is 0 Å². The minimum absolute atomic E-state index is 0.221. The monoisotopic (exact) mass is 664 g/mol. The van der Waals surface area contributed by atoms with Crippen molar-refractivity contribution in [3.8, 4) is 45.3 Å². The quantitative estimate of drug-likeness (QED) is 0.189. The molecule has 1 aliphatic heterocycles. The lowest BCUT2D eigenvalue weighted by atomic mass is 9.61. The van der Waals surface area contributed by atoms with E-state index in [1.165, 1.54) is 33.0 Å². The summed E-state index contributed by atoms with van der Waals surface area (Å²) in [5, 5.41) is 3.42. The van der Waals surface area contributed by atoms with Crippen molar-refractivity contribution in [1.82, 2.24) is 9.97 Å². The summed E-state index contributed by atoms with van der Waals surface area (Å²) in [6.45, 7) is 0. The number of nitrogens with zero attached hydrogens (tertiary/aromatic N) is 2. The molecule has 8 aromatic rings. The van der Waals surface area contributed by atoms with Crippen LogP contribution in [0.3, 0.4) is 0 Å². The lowest BCUT2D eigenvalue weighted by molar-refractivity contribution is 0.374. The first-order valence-corrected chi connectivity index (χ1v) is 18.0. The van der Waals surface area contributed by atoms with E-state index in [1.54, 1.807) is 0 Å². The highest BCUT2D eigenvalue weighted by molar-refractivity contribution is 6.03. The van der Waals surface area contributed by atoms with Crippen molar-refractivity contribution in [2.24, 2.45) is 5.92 Å². The predicted octanol–water partition coefficient (Wildman–Crippen LogP) is 12.1. The van der Waals surface area contributed by atoms with Gasteiger partial charge in [-0.15, -0.1) is 0 Å². The number of aromatic nitrogens is 2. The summed E-state index contributed by atoms with van der Waals surface area (Å²) in [4.78, 5) is 10.4. The van der Waals surface area contributed by atoms with Crippen molar-refractivity contribution in [3.05, 3.63) is 204 Å². The van der Waals surface area contributed by atoms with Crippen LogP contribution in [0.1, 0.15) is 28.2 Å². The summed E-state index contributed by atoms with van der Waals surface area (Å²) in [5.74, 6) is 3.06. The smallest absolute Gasteiger partial charge is 0.160 e. The van der Waals surface area contributed by atoms with E-state index in [1.807, 2.05) is 0 Å². The molecule has 0 bridgehead atoms. The van der Waals surface area contributed by atoms with Crippen molar-refractivity contribution in [2.45, 2.75) is 11.3 Å². The average molecular weight is 665 g/mol. The minimum Gasteiger partial charge on any atom is -0.457 e. The van der Waals surface area contributed by atoms with Crippen molar-refractivity contribution in [1.29, 1.82) is 0 Å². The summed E-state index contributed by atoms with van der Waals surface area (Å²) in [7, 11) is 0. The predicted molar refractivity (Wildman–Crippen MR) is 211 cm³/mol. The van der Waals surface area contributed by atoms with Crippen LogP contribution in [0.4, 0.5) is 0 Å². The van der Waals surface area contributed by atoms with E-state index in [0.717, 1.165) is 50.3 Å². The molecule has 0 saturated carbocycles. The van der Waals surface area contributed by atoms with Gasteiger partial charge in [0.15, 0.2) is 5.82 Å². The third-order valence-electron chi connectivity index (χ3n) is 11.4. The molecule has 0 radical (unpaired) electrons. The zero-order valence-corrected chi connectivity index (χ0v) is 28.3. The van der Waals surface area contributed by atoms with E-state index in [0.29, 0.717) is 5.82 Å². The van der Waals surface area contributed by atoms with Crippen LogP contribution in [0.15, 0.2) is 182 Å². The lowest BCUT2D eigenvalue weighted by Crippen LogP contribution is -2.37. The Balaban J connectivity index is 1.09. The SMILES string of the molecule is C1=CC2c3ccccc3C3(c4ccccc4Oc4ccc(-c5cccc(-c6nc(-c7cccc8ccccc78)c7ccccc7n6)c5)cc43)C2C=C1. The fourth-order valence-electron chi connectivity index (χ4n) is 9.23. The van der Waals surface area contributed by atoms with Gasteiger partial charge >= 0.3 is 0 Å². The molecule has 52 heavy (non-hydrogen) atoms. The molecule has 0 N–H and O–H groups in total. The normalized spacial score (nSPS) is 19.2. The van der Waals surface area contributed by atoms with Gasteiger partial charge in [-0.3, -0.25) is 0 Å². The van der Waals surface area contributed by atoms with Gasteiger partial charge in [-0.1, -0.05) is 152 Å². The molecule has 3 aliphatic rings. The largest absolute Gasteiger partial charge is 0.457 e. The highest BCUT2D eigenvalue weighted by atomic mass is 16.5. The lowest BCUT2D eigenvalue weighted by Gasteiger charge is -2.43. The molecular formula is C49H32N2O. The molecule has 1 aromatic heterocycles. The molecule has 2 heterocycles. The number of benzene rings is 7. The Hall–Kier alpha value is -6.58. The Labute approximate surface area is 302 Å². The maximum Gasteiger partial charge on any atom is 0.160 e. The molecule has 0 amide bonds. The highest BCUT2D eigenvalue weighted by Gasteiger charge is 2.56. The van der Waals surface area contributed by atoms with Crippen LogP contribution < -0.4 is 4.74 Å². The molecule has 0 saturated heterocycles. The molecular weight excluding hydrogens is 633 g/mol. The molecule has 0 fully saturated rings. The first-order valence-electron chi connectivity index (χ1n) is 18.0. The van der Waals surface area contributed by atoms with Crippen LogP contribution in [0, 0.1) is 5.92 Å². The number of rotatable bonds is 3. The van der Waals surface area contributed by atoms with Crippen LogP contribution in [-0.2, 0) is 5.41 Å². The zero-order chi connectivity index (χ0) is 34.2. The van der Waals surface area contributed by atoms with Gasteiger partial charge in [-0.05, 0) is 63.4 Å². The number of fused-ring (bicyclic) bond motifs is 11. The first-order chi connectivity index (χ1) is 25.8. The fraction of sp³-hybridized carbons (Fsp3) is 0.0612. The van der Waals surface area contributed by atoms with Gasteiger partial charge in [0.05, 0.1) is 16.6 Å². The maximum absolute atomic E-state index is 6.71. The summed E-state index contributed by atoms with van der Waals surface area (Å²) in [6, 6.07) is 56.3. The van der Waals surface area contributed by atoms with E-state index < -0.39 is 5.41 Å². The second-order valence-corrected chi connectivity index (χ2v) is 14.0. The highest BCUT2D eigenvalue weighted by Crippen LogP contribution is 2.64. The van der Waals surface area contributed by atoms with E-state index in [-0.39, 0.29) is 11.8 Å². The van der Waals surface area contributed by atoms with Gasteiger partial charge in [-0.2, -0.15) is 0 Å². The fourth-order valence-corrected chi connectivity index (χ4v) is 9.23. The minimum atomic E-state index is -0.394. The molecule has 7 aromatic carbocycles. The van der Waals surface area contributed by atoms with Gasteiger partial charge < -0.3 is 4.74 Å². The van der Waals surface area contributed by atoms with Crippen LogP contribution in [0.5, 0.6) is 11.5 Å².